The van der Waals surface area contributed by atoms with E-state index in [0.29, 0.717) is 38.3 Å². The number of benzene rings is 3. The first-order valence-corrected chi connectivity index (χ1v) is 21.9. The fourth-order valence-electron chi connectivity index (χ4n) is 6.47. The van der Waals surface area contributed by atoms with Crippen LogP contribution in [-0.2, 0) is 43.3 Å². The maximum absolute atomic E-state index is 14.2. The van der Waals surface area contributed by atoms with Gasteiger partial charge in [-0.15, -0.1) is 0 Å². The highest BCUT2D eigenvalue weighted by molar-refractivity contribution is 9.10. The van der Waals surface area contributed by atoms with E-state index in [0.717, 1.165) is 32.1 Å². The van der Waals surface area contributed by atoms with Crippen LogP contribution in [0, 0.1) is 5.92 Å². The SMILES string of the molecule is CC(C)C[C@H](NC(=O)[C@H](Cc1ccc(OCc2ccccc2)cc1)NC(=O)OC(C)(C)C)C(=O)N[C@@H](Cc1c[nH]c2c(Br)cccc12)C(=O)NCCCCNC(=O)OC(C)(C)C. The number of carbonyl (C=O) groups excluding carboxylic acids is 5. The summed E-state index contributed by atoms with van der Waals surface area (Å²) in [7, 11) is 0. The van der Waals surface area contributed by atoms with Gasteiger partial charge in [-0.3, -0.25) is 14.4 Å². The lowest BCUT2D eigenvalue weighted by Crippen LogP contribution is -2.58. The number of hydrogen-bond donors (Lipinski definition) is 6. The number of amides is 5. The fraction of sp³-hybridized carbons (Fsp3) is 0.468. The molecule has 336 valence electrons. The standard InChI is InChI=1S/C47H63BrN6O8/c1-30(2)25-37(52-43(57)38(54-45(59)62-47(6,7)8)26-31-19-21-34(22-20-31)60-29-32-15-10-9-11-16-32)42(56)53-39(27-33-28-51-40-35(33)17-14-18-36(40)48)41(55)49-23-12-13-24-50-44(58)61-46(3,4)5/h9-11,14-22,28,30,37-39,51H,12-13,23-27,29H2,1-8H3,(H,49,55)(H,50,58)(H,52,57)(H,53,56)(H,54,59)/t37-,38-,39-/m0/s1. The molecule has 0 aliphatic heterocycles. The molecule has 0 aliphatic rings. The van der Waals surface area contributed by atoms with Crippen molar-refractivity contribution in [1.29, 1.82) is 0 Å². The number of unbranched alkanes of at least 4 members (excludes halogenated alkanes) is 1. The topological polar surface area (TPSA) is 189 Å². The zero-order valence-corrected chi connectivity index (χ0v) is 38.7. The van der Waals surface area contributed by atoms with Crippen molar-refractivity contribution in [2.45, 2.75) is 123 Å². The summed E-state index contributed by atoms with van der Waals surface area (Å²) in [6.45, 7) is 15.5. The second kappa shape index (κ2) is 23.0. The molecule has 0 fully saturated rings. The highest BCUT2D eigenvalue weighted by Gasteiger charge is 2.32. The summed E-state index contributed by atoms with van der Waals surface area (Å²) in [6, 6.07) is 19.6. The summed E-state index contributed by atoms with van der Waals surface area (Å²) in [5.41, 5.74) is 1.99. The van der Waals surface area contributed by atoms with Gasteiger partial charge in [0.1, 0.15) is 41.7 Å². The molecule has 0 spiro atoms. The third-order valence-corrected chi connectivity index (χ3v) is 10.00. The van der Waals surface area contributed by atoms with Crippen LogP contribution in [0.2, 0.25) is 0 Å². The fourth-order valence-corrected chi connectivity index (χ4v) is 6.95. The number of para-hydroxylation sites is 1. The predicted octanol–water partition coefficient (Wildman–Crippen LogP) is 7.62. The quantitative estimate of drug-likeness (QED) is 0.0488. The summed E-state index contributed by atoms with van der Waals surface area (Å²) in [6.07, 6.45) is 2.16. The maximum Gasteiger partial charge on any atom is 0.408 e. The van der Waals surface area contributed by atoms with Crippen molar-refractivity contribution >= 4 is 56.7 Å². The van der Waals surface area contributed by atoms with Gasteiger partial charge in [-0.25, -0.2) is 9.59 Å². The molecule has 0 aliphatic carbocycles. The van der Waals surface area contributed by atoms with Gasteiger partial charge in [-0.2, -0.15) is 0 Å². The number of nitrogens with one attached hydrogen (secondary N) is 6. The van der Waals surface area contributed by atoms with E-state index in [4.69, 9.17) is 14.2 Å². The van der Waals surface area contributed by atoms with Gasteiger partial charge < -0.3 is 45.8 Å². The lowest BCUT2D eigenvalue weighted by atomic mass is 9.99. The zero-order valence-electron chi connectivity index (χ0n) is 37.1. The van der Waals surface area contributed by atoms with Crippen LogP contribution in [0.4, 0.5) is 9.59 Å². The number of aromatic amines is 1. The minimum atomic E-state index is -1.11. The Morgan fingerprint density at radius 3 is 1.89 bits per heavy atom. The van der Waals surface area contributed by atoms with Crippen molar-refractivity contribution in [3.8, 4) is 5.75 Å². The van der Waals surface area contributed by atoms with Crippen molar-refractivity contribution < 1.29 is 38.2 Å². The number of carbonyl (C=O) groups is 5. The molecule has 4 rings (SSSR count). The van der Waals surface area contributed by atoms with E-state index >= 15 is 0 Å². The monoisotopic (exact) mass is 918 g/mol. The molecule has 62 heavy (non-hydrogen) atoms. The van der Waals surface area contributed by atoms with Gasteiger partial charge in [-0.1, -0.05) is 68.4 Å². The van der Waals surface area contributed by atoms with Gasteiger partial charge in [0.25, 0.3) is 0 Å². The van der Waals surface area contributed by atoms with Gasteiger partial charge in [0.05, 0.1) is 5.52 Å². The lowest BCUT2D eigenvalue weighted by Gasteiger charge is -2.27. The van der Waals surface area contributed by atoms with Crippen molar-refractivity contribution in [2.75, 3.05) is 13.1 Å². The Labute approximate surface area is 373 Å². The number of ether oxygens (including phenoxy) is 3. The van der Waals surface area contributed by atoms with E-state index in [1.807, 2.05) is 80.7 Å². The Kier molecular flexibility index (Phi) is 18.2. The number of hydrogen-bond acceptors (Lipinski definition) is 8. The van der Waals surface area contributed by atoms with Gasteiger partial charge >= 0.3 is 12.2 Å². The van der Waals surface area contributed by atoms with Crippen molar-refractivity contribution in [1.82, 2.24) is 31.6 Å². The van der Waals surface area contributed by atoms with E-state index < -0.39 is 59.2 Å². The van der Waals surface area contributed by atoms with Crippen LogP contribution >= 0.6 is 15.9 Å². The Bertz CT molecular complexity index is 2090. The van der Waals surface area contributed by atoms with E-state index in [2.05, 4.69) is 47.5 Å². The molecule has 1 aromatic heterocycles. The van der Waals surface area contributed by atoms with Crippen molar-refractivity contribution in [3.63, 3.8) is 0 Å². The van der Waals surface area contributed by atoms with Gasteiger partial charge in [0.15, 0.2) is 0 Å². The van der Waals surface area contributed by atoms with Crippen molar-refractivity contribution in [3.05, 3.63) is 100 Å². The lowest BCUT2D eigenvalue weighted by molar-refractivity contribution is -0.133. The summed E-state index contributed by atoms with van der Waals surface area (Å²) in [5, 5.41) is 15.1. The smallest absolute Gasteiger partial charge is 0.408 e. The Hall–Kier alpha value is -5.57. The van der Waals surface area contributed by atoms with Crippen molar-refractivity contribution in [2.24, 2.45) is 5.92 Å². The first kappa shape index (κ1) is 49.1. The van der Waals surface area contributed by atoms with Gasteiger partial charge in [-0.05, 0) is 118 Å². The number of rotatable bonds is 20. The summed E-state index contributed by atoms with van der Waals surface area (Å²) >= 11 is 3.57. The van der Waals surface area contributed by atoms with E-state index in [1.54, 1.807) is 53.7 Å². The number of aromatic nitrogens is 1. The average Bonchev–Trinajstić information content (AvgIpc) is 3.60. The molecule has 0 saturated heterocycles. The number of H-pyrrole nitrogens is 1. The Balaban J connectivity index is 1.49. The molecule has 1 heterocycles. The number of fused-ring (bicyclic) bond motifs is 1. The number of alkyl carbamates (subject to hydrolysis) is 2. The van der Waals surface area contributed by atoms with E-state index in [1.165, 1.54) is 0 Å². The molecular formula is C47H63BrN6O8. The highest BCUT2D eigenvalue weighted by Crippen LogP contribution is 2.26. The molecule has 3 aromatic carbocycles. The van der Waals surface area contributed by atoms with Crippen LogP contribution in [0.15, 0.2) is 83.5 Å². The van der Waals surface area contributed by atoms with Crippen LogP contribution < -0.4 is 31.3 Å². The molecular weight excluding hydrogens is 856 g/mol. The third-order valence-electron chi connectivity index (χ3n) is 9.34. The largest absolute Gasteiger partial charge is 0.489 e. The molecule has 5 amide bonds. The molecule has 14 nitrogen and oxygen atoms in total. The van der Waals surface area contributed by atoms with Crippen LogP contribution in [0.3, 0.4) is 0 Å². The molecule has 0 bridgehead atoms. The molecule has 4 aromatic rings. The van der Waals surface area contributed by atoms with Crippen LogP contribution in [-0.4, -0.2) is 77.3 Å². The summed E-state index contributed by atoms with van der Waals surface area (Å²) in [5.74, 6) is -0.937. The average molecular weight is 920 g/mol. The van der Waals surface area contributed by atoms with Crippen LogP contribution in [0.1, 0.15) is 91.3 Å². The summed E-state index contributed by atoms with van der Waals surface area (Å²) < 4.78 is 17.6. The van der Waals surface area contributed by atoms with E-state index in [9.17, 15) is 24.0 Å². The maximum atomic E-state index is 14.2. The Morgan fingerprint density at radius 1 is 0.645 bits per heavy atom. The molecule has 0 saturated carbocycles. The second-order valence-corrected chi connectivity index (χ2v) is 18.5. The molecule has 15 heteroatoms. The minimum Gasteiger partial charge on any atom is -0.489 e. The third kappa shape index (κ3) is 17.1. The van der Waals surface area contributed by atoms with Gasteiger partial charge in [0, 0.05) is 42.0 Å². The van der Waals surface area contributed by atoms with E-state index in [-0.39, 0.29) is 25.2 Å². The summed E-state index contributed by atoms with van der Waals surface area (Å²) in [4.78, 5) is 70.6. The number of halogens is 1. The molecule has 0 unspecified atom stereocenters. The second-order valence-electron chi connectivity index (χ2n) is 17.7. The normalized spacial score (nSPS) is 13.1. The van der Waals surface area contributed by atoms with Crippen LogP contribution in [0.25, 0.3) is 10.9 Å². The zero-order chi connectivity index (χ0) is 45.5. The first-order chi connectivity index (χ1) is 29.3. The predicted molar refractivity (Wildman–Crippen MR) is 244 cm³/mol. The highest BCUT2D eigenvalue weighted by atomic mass is 79.9. The van der Waals surface area contributed by atoms with Crippen LogP contribution in [0.5, 0.6) is 5.75 Å². The van der Waals surface area contributed by atoms with Gasteiger partial charge in [0.2, 0.25) is 17.7 Å². The first-order valence-electron chi connectivity index (χ1n) is 21.1. The minimum absolute atomic E-state index is 0.0284. The molecule has 6 N–H and O–H groups in total. The molecule has 3 atom stereocenters. The Morgan fingerprint density at radius 2 is 1.24 bits per heavy atom. The molecule has 0 radical (unpaired) electrons.